The number of rotatable bonds is 8. The second-order valence-electron chi connectivity index (χ2n) is 3.36. The van der Waals surface area contributed by atoms with Crippen molar-refractivity contribution < 1.29 is 9.53 Å². The van der Waals surface area contributed by atoms with Gasteiger partial charge in [-0.3, -0.25) is 0 Å². The highest BCUT2D eigenvalue weighted by atomic mass is 16.5. The number of allylic oxidation sites excluding steroid dienone is 3. The van der Waals surface area contributed by atoms with Gasteiger partial charge in [-0.1, -0.05) is 24.6 Å². The molecule has 0 heterocycles. The third-order valence-corrected chi connectivity index (χ3v) is 2.02. The highest BCUT2D eigenvalue weighted by Crippen LogP contribution is 2.04. The number of unbranched alkanes of at least 4 members (excludes halogenated alkanes) is 4. The Kier molecular flexibility index (Phi) is 10.3. The third kappa shape index (κ3) is 10.9. The topological polar surface area (TPSA) is 26.3 Å². The van der Waals surface area contributed by atoms with Crippen LogP contribution in [0, 0.1) is 0 Å². The standard InChI is InChI=1S/C13H22O2/c1-3-5-6-7-8-9-10-11-12-13(14)15-4-2/h3,5,11-12H,4,6-10H2,1-2H3/b5-3+,12-11+. The lowest BCUT2D eigenvalue weighted by Gasteiger charge is -1.96. The molecule has 0 aliphatic heterocycles. The molecule has 2 heteroatoms. The summed E-state index contributed by atoms with van der Waals surface area (Å²) in [5.41, 5.74) is 0. The van der Waals surface area contributed by atoms with Crippen molar-refractivity contribution in [3.63, 3.8) is 0 Å². The van der Waals surface area contributed by atoms with Crippen molar-refractivity contribution in [3.8, 4) is 0 Å². The summed E-state index contributed by atoms with van der Waals surface area (Å²) in [5, 5.41) is 0. The van der Waals surface area contributed by atoms with Crippen molar-refractivity contribution in [3.05, 3.63) is 24.3 Å². The number of carbonyl (C=O) groups excluding carboxylic acids is 1. The first kappa shape index (κ1) is 13.9. The second kappa shape index (κ2) is 11.0. The van der Waals surface area contributed by atoms with Gasteiger partial charge in [-0.15, -0.1) is 0 Å². The smallest absolute Gasteiger partial charge is 0.330 e. The monoisotopic (exact) mass is 210 g/mol. The van der Waals surface area contributed by atoms with Crippen molar-refractivity contribution >= 4 is 5.97 Å². The van der Waals surface area contributed by atoms with Crippen LogP contribution in [0.4, 0.5) is 0 Å². The Morgan fingerprint density at radius 3 is 2.40 bits per heavy atom. The number of hydrogen-bond acceptors (Lipinski definition) is 2. The Bertz CT molecular complexity index is 205. The lowest BCUT2D eigenvalue weighted by molar-refractivity contribution is -0.137. The van der Waals surface area contributed by atoms with Crippen LogP contribution in [0.3, 0.4) is 0 Å². The molecule has 0 atom stereocenters. The van der Waals surface area contributed by atoms with Gasteiger partial charge in [0.25, 0.3) is 0 Å². The van der Waals surface area contributed by atoms with E-state index < -0.39 is 0 Å². The van der Waals surface area contributed by atoms with E-state index in [1.165, 1.54) is 18.9 Å². The molecular weight excluding hydrogens is 188 g/mol. The van der Waals surface area contributed by atoms with Crippen LogP contribution < -0.4 is 0 Å². The summed E-state index contributed by atoms with van der Waals surface area (Å²) >= 11 is 0. The van der Waals surface area contributed by atoms with Gasteiger partial charge in [0.1, 0.15) is 0 Å². The molecule has 0 saturated heterocycles. The summed E-state index contributed by atoms with van der Waals surface area (Å²) in [6, 6.07) is 0. The Morgan fingerprint density at radius 2 is 1.80 bits per heavy atom. The van der Waals surface area contributed by atoms with E-state index in [9.17, 15) is 4.79 Å². The van der Waals surface area contributed by atoms with Gasteiger partial charge < -0.3 is 4.74 Å². The van der Waals surface area contributed by atoms with Crippen LogP contribution in [0.5, 0.6) is 0 Å². The van der Waals surface area contributed by atoms with E-state index in [-0.39, 0.29) is 5.97 Å². The molecule has 2 nitrogen and oxygen atoms in total. The van der Waals surface area contributed by atoms with E-state index in [0.29, 0.717) is 6.61 Å². The van der Waals surface area contributed by atoms with Crippen LogP contribution in [0.1, 0.15) is 46.0 Å². The van der Waals surface area contributed by atoms with Crippen LogP contribution in [0.25, 0.3) is 0 Å². The maximum absolute atomic E-state index is 10.9. The maximum atomic E-state index is 10.9. The lowest BCUT2D eigenvalue weighted by Crippen LogP contribution is -1.98. The van der Waals surface area contributed by atoms with Crippen LogP contribution in [0.15, 0.2) is 24.3 Å². The van der Waals surface area contributed by atoms with E-state index in [4.69, 9.17) is 4.74 Å². The van der Waals surface area contributed by atoms with Gasteiger partial charge in [-0.2, -0.15) is 0 Å². The SMILES string of the molecule is C/C=C/CCCCC/C=C/C(=O)OCC. The maximum Gasteiger partial charge on any atom is 0.330 e. The Balaban J connectivity index is 3.26. The lowest BCUT2D eigenvalue weighted by atomic mass is 10.1. The molecular formula is C13H22O2. The van der Waals surface area contributed by atoms with Gasteiger partial charge in [0.05, 0.1) is 6.61 Å². The molecule has 86 valence electrons. The summed E-state index contributed by atoms with van der Waals surface area (Å²) in [4.78, 5) is 10.9. The zero-order chi connectivity index (χ0) is 11.4. The fraction of sp³-hybridized carbons (Fsp3) is 0.615. The fourth-order valence-corrected chi connectivity index (χ4v) is 1.24. The quantitative estimate of drug-likeness (QED) is 0.265. The molecule has 0 rings (SSSR count). The molecule has 0 N–H and O–H groups in total. The van der Waals surface area contributed by atoms with Crippen molar-refractivity contribution in [2.45, 2.75) is 46.0 Å². The normalized spacial score (nSPS) is 11.3. The van der Waals surface area contributed by atoms with E-state index >= 15 is 0 Å². The van der Waals surface area contributed by atoms with Crippen molar-refractivity contribution in [2.24, 2.45) is 0 Å². The molecule has 0 aromatic carbocycles. The first-order valence-corrected chi connectivity index (χ1v) is 5.75. The number of esters is 1. The first-order chi connectivity index (χ1) is 7.31. The molecule has 0 aromatic rings. The van der Waals surface area contributed by atoms with E-state index in [1.807, 2.05) is 19.9 Å². The molecule has 0 spiro atoms. The average Bonchev–Trinajstić information content (AvgIpc) is 2.22. The molecule has 0 saturated carbocycles. The number of ether oxygens (including phenoxy) is 1. The molecule has 0 aliphatic carbocycles. The summed E-state index contributed by atoms with van der Waals surface area (Å²) in [6.07, 6.45) is 13.4. The summed E-state index contributed by atoms with van der Waals surface area (Å²) < 4.78 is 4.77. The van der Waals surface area contributed by atoms with Crippen LogP contribution in [-0.2, 0) is 9.53 Å². The van der Waals surface area contributed by atoms with Gasteiger partial charge in [0.2, 0.25) is 0 Å². The molecule has 0 aliphatic rings. The molecule has 0 amide bonds. The number of hydrogen-bond donors (Lipinski definition) is 0. The third-order valence-electron chi connectivity index (χ3n) is 2.02. The van der Waals surface area contributed by atoms with Gasteiger partial charge in [0.15, 0.2) is 0 Å². The van der Waals surface area contributed by atoms with Gasteiger partial charge in [0, 0.05) is 6.08 Å². The largest absolute Gasteiger partial charge is 0.463 e. The minimum absolute atomic E-state index is 0.230. The average molecular weight is 210 g/mol. The Hall–Kier alpha value is -1.05. The molecule has 0 aromatic heterocycles. The molecule has 0 unspecified atom stereocenters. The first-order valence-electron chi connectivity index (χ1n) is 5.75. The van der Waals surface area contributed by atoms with Crippen molar-refractivity contribution in [2.75, 3.05) is 6.61 Å². The van der Waals surface area contributed by atoms with Gasteiger partial charge in [-0.25, -0.2) is 4.79 Å². The predicted molar refractivity (Wildman–Crippen MR) is 63.7 cm³/mol. The van der Waals surface area contributed by atoms with Crippen molar-refractivity contribution in [1.82, 2.24) is 0 Å². The molecule has 0 bridgehead atoms. The highest BCUT2D eigenvalue weighted by molar-refractivity contribution is 5.81. The molecule has 0 radical (unpaired) electrons. The van der Waals surface area contributed by atoms with Crippen LogP contribution in [0.2, 0.25) is 0 Å². The minimum atomic E-state index is -0.230. The van der Waals surface area contributed by atoms with Gasteiger partial charge in [-0.05, 0) is 39.5 Å². The number of carbonyl (C=O) groups is 1. The molecule has 0 fully saturated rings. The highest BCUT2D eigenvalue weighted by Gasteiger charge is 1.92. The van der Waals surface area contributed by atoms with Crippen LogP contribution >= 0.6 is 0 Å². The fourth-order valence-electron chi connectivity index (χ4n) is 1.24. The minimum Gasteiger partial charge on any atom is -0.463 e. The van der Waals surface area contributed by atoms with E-state index in [1.54, 1.807) is 0 Å². The van der Waals surface area contributed by atoms with E-state index in [0.717, 1.165) is 19.3 Å². The molecule has 15 heavy (non-hydrogen) atoms. The Morgan fingerprint density at radius 1 is 1.13 bits per heavy atom. The zero-order valence-electron chi connectivity index (χ0n) is 9.87. The second-order valence-corrected chi connectivity index (χ2v) is 3.36. The van der Waals surface area contributed by atoms with Gasteiger partial charge >= 0.3 is 5.97 Å². The summed E-state index contributed by atoms with van der Waals surface area (Å²) in [5.74, 6) is -0.230. The Labute approximate surface area is 93.0 Å². The summed E-state index contributed by atoms with van der Waals surface area (Å²) in [6.45, 7) is 4.31. The zero-order valence-corrected chi connectivity index (χ0v) is 9.87. The van der Waals surface area contributed by atoms with E-state index in [2.05, 4.69) is 12.2 Å². The van der Waals surface area contributed by atoms with Crippen molar-refractivity contribution in [1.29, 1.82) is 0 Å². The predicted octanol–water partition coefficient (Wildman–Crippen LogP) is 3.63. The van der Waals surface area contributed by atoms with Crippen LogP contribution in [-0.4, -0.2) is 12.6 Å². The summed E-state index contributed by atoms with van der Waals surface area (Å²) in [7, 11) is 0.